The maximum Gasteiger partial charge on any atom is 0.251 e. The molecule has 2 aromatic rings. The van der Waals surface area contributed by atoms with E-state index in [4.69, 9.17) is 5.73 Å². The fourth-order valence-corrected chi connectivity index (χ4v) is 5.46. The van der Waals surface area contributed by atoms with E-state index >= 15 is 0 Å². The van der Waals surface area contributed by atoms with Crippen molar-refractivity contribution in [2.24, 2.45) is 11.7 Å². The summed E-state index contributed by atoms with van der Waals surface area (Å²) in [5, 5.41) is 3.56. The smallest absolute Gasteiger partial charge is 0.251 e. The van der Waals surface area contributed by atoms with Crippen LogP contribution in [0.4, 0.5) is 10.9 Å². The summed E-state index contributed by atoms with van der Waals surface area (Å²) in [6.45, 7) is 5.56. The average Bonchev–Trinajstić information content (AvgIpc) is 3.06. The Labute approximate surface area is 174 Å². The summed E-state index contributed by atoms with van der Waals surface area (Å²) in [6, 6.07) is 1.80. The second-order valence-electron chi connectivity index (χ2n) is 7.78. The van der Waals surface area contributed by atoms with Crippen molar-refractivity contribution in [2.75, 3.05) is 42.9 Å². The maximum atomic E-state index is 12.6. The number of amides is 2. The average molecular weight is 415 g/mol. The number of nitrogens with two attached hydrogens (primary N) is 1. The number of carbonyl (C=O) groups excluding carboxylic acids is 2. The summed E-state index contributed by atoms with van der Waals surface area (Å²) in [5.41, 5.74) is 7.18. The van der Waals surface area contributed by atoms with Gasteiger partial charge in [0.15, 0.2) is 0 Å². The number of nitrogens with one attached hydrogen (secondary N) is 1. The Balaban J connectivity index is 1.36. The first-order valence-corrected chi connectivity index (χ1v) is 10.8. The molecule has 0 bridgehead atoms. The Morgan fingerprint density at radius 2 is 1.97 bits per heavy atom. The van der Waals surface area contributed by atoms with Gasteiger partial charge in [0, 0.05) is 43.4 Å². The minimum Gasteiger partial charge on any atom is -0.365 e. The predicted molar refractivity (Wildman–Crippen MR) is 113 cm³/mol. The van der Waals surface area contributed by atoms with Crippen molar-refractivity contribution in [1.82, 2.24) is 14.9 Å². The van der Waals surface area contributed by atoms with E-state index in [9.17, 15) is 9.59 Å². The van der Waals surface area contributed by atoms with Gasteiger partial charge in [0.25, 0.3) is 5.91 Å². The van der Waals surface area contributed by atoms with Gasteiger partial charge in [-0.05, 0) is 36.8 Å². The molecule has 9 heteroatoms. The van der Waals surface area contributed by atoms with Crippen LogP contribution in [-0.2, 0) is 17.6 Å². The van der Waals surface area contributed by atoms with Crippen LogP contribution >= 0.6 is 11.3 Å². The van der Waals surface area contributed by atoms with Gasteiger partial charge in [0.2, 0.25) is 11.9 Å². The number of fused-ring (bicyclic) bond motifs is 1. The van der Waals surface area contributed by atoms with Gasteiger partial charge in [-0.2, -0.15) is 0 Å². The molecule has 154 valence electrons. The predicted octanol–water partition coefficient (Wildman–Crippen LogP) is 1.52. The van der Waals surface area contributed by atoms with Gasteiger partial charge in [0.05, 0.1) is 12.1 Å². The molecule has 0 spiro atoms. The molecule has 3 heterocycles. The number of nitrogens with zero attached hydrogens (tertiary/aromatic N) is 4. The third-order valence-electron chi connectivity index (χ3n) is 5.59. The number of thiophene rings is 1. The Morgan fingerprint density at radius 1 is 1.24 bits per heavy atom. The molecule has 0 radical (unpaired) electrons. The van der Waals surface area contributed by atoms with Gasteiger partial charge in [-0.15, -0.1) is 11.3 Å². The van der Waals surface area contributed by atoms with Crippen molar-refractivity contribution in [3.05, 3.63) is 34.5 Å². The lowest BCUT2D eigenvalue weighted by Gasteiger charge is -2.34. The summed E-state index contributed by atoms with van der Waals surface area (Å²) in [4.78, 5) is 38.6. The van der Waals surface area contributed by atoms with Crippen molar-refractivity contribution < 1.29 is 9.59 Å². The zero-order valence-corrected chi connectivity index (χ0v) is 17.4. The Morgan fingerprint density at radius 3 is 2.66 bits per heavy atom. The first kappa shape index (κ1) is 19.8. The highest BCUT2D eigenvalue weighted by atomic mass is 32.1. The second-order valence-corrected chi connectivity index (χ2v) is 8.89. The number of aromatic nitrogens is 2. The van der Waals surface area contributed by atoms with Gasteiger partial charge in [-0.25, -0.2) is 9.97 Å². The zero-order chi connectivity index (χ0) is 20.4. The van der Waals surface area contributed by atoms with Crippen LogP contribution in [0.5, 0.6) is 0 Å². The molecule has 3 N–H and O–H groups in total. The normalized spacial score (nSPS) is 19.6. The molecule has 1 saturated heterocycles. The fraction of sp³-hybridized carbons (Fsp3) is 0.500. The first-order chi connectivity index (χ1) is 14.0. The van der Waals surface area contributed by atoms with Gasteiger partial charge < -0.3 is 16.0 Å². The van der Waals surface area contributed by atoms with E-state index in [1.165, 1.54) is 16.2 Å². The number of hydrogen-bond donors (Lipinski definition) is 2. The summed E-state index contributed by atoms with van der Waals surface area (Å²) >= 11 is 1.51. The molecule has 1 atom stereocenters. The quantitative estimate of drug-likeness (QED) is 0.769. The number of primary amides is 1. The van der Waals surface area contributed by atoms with Crippen molar-refractivity contribution >= 4 is 34.1 Å². The molecule has 2 amide bonds. The van der Waals surface area contributed by atoms with Crippen LogP contribution in [0.1, 0.15) is 34.1 Å². The molecule has 2 aromatic heterocycles. The van der Waals surface area contributed by atoms with E-state index in [0.29, 0.717) is 23.0 Å². The Kier molecular flexibility index (Phi) is 5.77. The maximum absolute atomic E-state index is 12.6. The summed E-state index contributed by atoms with van der Waals surface area (Å²) in [7, 11) is 0. The summed E-state index contributed by atoms with van der Waals surface area (Å²) in [5.74, 6) is 0.754. The van der Waals surface area contributed by atoms with Crippen LogP contribution in [0, 0.1) is 5.92 Å². The van der Waals surface area contributed by atoms with E-state index < -0.39 is 5.91 Å². The molecule has 1 fully saturated rings. The lowest BCUT2D eigenvalue weighted by Crippen LogP contribution is -2.49. The number of hydrogen-bond acceptors (Lipinski definition) is 7. The lowest BCUT2D eigenvalue weighted by atomic mass is 9.88. The topological polar surface area (TPSA) is 104 Å². The van der Waals surface area contributed by atoms with Crippen LogP contribution in [0.25, 0.3) is 0 Å². The third kappa shape index (κ3) is 4.40. The Bertz CT molecular complexity index is 892. The van der Waals surface area contributed by atoms with E-state index in [-0.39, 0.29) is 5.91 Å². The minimum absolute atomic E-state index is 0.108. The zero-order valence-electron chi connectivity index (χ0n) is 16.6. The van der Waals surface area contributed by atoms with Crippen molar-refractivity contribution in [2.45, 2.75) is 26.2 Å². The number of carbonyl (C=O) groups is 2. The molecule has 4 rings (SSSR count). The SMILES string of the molecule is C[C@@H]1CCc2c(sc(NC(=O)CN3CCN(c4ncccn4)CC3)c2C(N)=O)C1. The monoisotopic (exact) mass is 414 g/mol. The highest BCUT2D eigenvalue weighted by Gasteiger charge is 2.28. The minimum atomic E-state index is -0.455. The van der Waals surface area contributed by atoms with Gasteiger partial charge in [-0.3, -0.25) is 14.5 Å². The molecule has 0 unspecified atom stereocenters. The Hall–Kier alpha value is -2.52. The molecular weight excluding hydrogens is 388 g/mol. The van der Waals surface area contributed by atoms with E-state index in [0.717, 1.165) is 57.0 Å². The summed E-state index contributed by atoms with van der Waals surface area (Å²) in [6.07, 6.45) is 6.32. The molecular formula is C20H26N6O2S. The summed E-state index contributed by atoms with van der Waals surface area (Å²) < 4.78 is 0. The third-order valence-corrected chi connectivity index (χ3v) is 6.76. The molecule has 2 aliphatic rings. The van der Waals surface area contributed by atoms with Crippen LogP contribution in [0.2, 0.25) is 0 Å². The molecule has 29 heavy (non-hydrogen) atoms. The molecule has 0 aromatic carbocycles. The number of anilines is 2. The molecule has 8 nitrogen and oxygen atoms in total. The van der Waals surface area contributed by atoms with E-state index in [1.807, 2.05) is 0 Å². The largest absolute Gasteiger partial charge is 0.365 e. The highest BCUT2D eigenvalue weighted by Crippen LogP contribution is 2.39. The van der Waals surface area contributed by atoms with Crippen LogP contribution < -0.4 is 16.0 Å². The van der Waals surface area contributed by atoms with Crippen LogP contribution in [0.15, 0.2) is 18.5 Å². The van der Waals surface area contributed by atoms with Crippen molar-refractivity contribution in [3.8, 4) is 0 Å². The second kappa shape index (κ2) is 8.46. The van der Waals surface area contributed by atoms with Gasteiger partial charge in [0.1, 0.15) is 5.00 Å². The van der Waals surface area contributed by atoms with Crippen molar-refractivity contribution in [1.29, 1.82) is 0 Å². The molecule has 1 aliphatic carbocycles. The molecule has 0 saturated carbocycles. The van der Waals surface area contributed by atoms with Gasteiger partial charge in [-0.1, -0.05) is 6.92 Å². The van der Waals surface area contributed by atoms with Crippen LogP contribution in [-0.4, -0.2) is 59.4 Å². The van der Waals surface area contributed by atoms with Gasteiger partial charge >= 0.3 is 0 Å². The highest BCUT2D eigenvalue weighted by molar-refractivity contribution is 7.17. The molecule has 1 aliphatic heterocycles. The first-order valence-electron chi connectivity index (χ1n) is 9.99. The van der Waals surface area contributed by atoms with E-state index in [1.54, 1.807) is 18.5 Å². The number of piperazine rings is 1. The van der Waals surface area contributed by atoms with E-state index in [2.05, 4.69) is 32.0 Å². The fourth-order valence-electron chi connectivity index (χ4n) is 4.03. The standard InChI is InChI=1S/C20H26N6O2S/c1-13-3-4-14-15(11-13)29-19(17(14)18(21)28)24-16(27)12-25-7-9-26(10-8-25)20-22-5-2-6-23-20/h2,5-6,13H,3-4,7-12H2,1H3,(H2,21,28)(H,24,27)/t13-/m1/s1. The van der Waals surface area contributed by atoms with Crippen molar-refractivity contribution in [3.63, 3.8) is 0 Å². The number of rotatable bonds is 5. The lowest BCUT2D eigenvalue weighted by molar-refractivity contribution is -0.117. The van der Waals surface area contributed by atoms with Crippen LogP contribution in [0.3, 0.4) is 0 Å².